The number of amides is 2. The summed E-state index contributed by atoms with van der Waals surface area (Å²) in [4.78, 5) is 32.4. The maximum Gasteiger partial charge on any atom is 0.417 e. The van der Waals surface area contributed by atoms with Crippen LogP contribution in [0.15, 0.2) is 36.5 Å². The minimum absolute atomic E-state index is 0.0810. The maximum atomic E-state index is 13.1. The second kappa shape index (κ2) is 7.79. The fourth-order valence-corrected chi connectivity index (χ4v) is 4.09. The zero-order valence-corrected chi connectivity index (χ0v) is 16.5. The first-order chi connectivity index (χ1) is 14.2. The van der Waals surface area contributed by atoms with Crippen LogP contribution in [0.4, 0.5) is 24.7 Å². The molecule has 6 nitrogen and oxygen atoms in total. The van der Waals surface area contributed by atoms with Crippen molar-refractivity contribution in [2.75, 3.05) is 36.4 Å². The molecule has 2 aliphatic heterocycles. The maximum absolute atomic E-state index is 13.1. The Morgan fingerprint density at radius 3 is 2.53 bits per heavy atom. The van der Waals surface area contributed by atoms with Gasteiger partial charge in [-0.1, -0.05) is 29.8 Å². The van der Waals surface area contributed by atoms with E-state index in [1.165, 1.54) is 0 Å². The third-order valence-corrected chi connectivity index (χ3v) is 5.62. The van der Waals surface area contributed by atoms with Gasteiger partial charge in [0.25, 0.3) is 0 Å². The number of hydrogen-bond donors (Lipinski definition) is 1. The second-order valence-electron chi connectivity index (χ2n) is 7.23. The zero-order chi connectivity index (χ0) is 21.5. The highest BCUT2D eigenvalue weighted by Crippen LogP contribution is 2.35. The number of anilines is 2. The minimum Gasteiger partial charge on any atom is -0.352 e. The molecule has 10 heteroatoms. The van der Waals surface area contributed by atoms with Crippen LogP contribution < -0.4 is 10.2 Å². The monoisotopic (exact) mass is 438 g/mol. The van der Waals surface area contributed by atoms with Gasteiger partial charge in [-0.25, -0.2) is 4.98 Å². The molecular weight excluding hydrogens is 421 g/mol. The zero-order valence-electron chi connectivity index (χ0n) is 15.7. The molecule has 0 radical (unpaired) electrons. The molecule has 0 spiro atoms. The fraction of sp³-hybridized carbons (Fsp3) is 0.350. The van der Waals surface area contributed by atoms with Gasteiger partial charge in [0, 0.05) is 44.5 Å². The average molecular weight is 439 g/mol. The fourth-order valence-electron chi connectivity index (χ4n) is 3.81. The molecule has 30 heavy (non-hydrogen) atoms. The van der Waals surface area contributed by atoms with Crippen LogP contribution in [-0.2, 0) is 15.8 Å². The predicted molar refractivity (Wildman–Crippen MR) is 105 cm³/mol. The number of rotatable bonds is 2. The molecule has 1 aromatic heterocycles. The number of hydrogen-bond acceptors (Lipinski definition) is 4. The topological polar surface area (TPSA) is 65.5 Å². The number of halogens is 4. The number of benzene rings is 1. The molecule has 2 aromatic rings. The first kappa shape index (κ1) is 20.5. The number of carbonyl (C=O) groups excluding carboxylic acids is 2. The number of aromatic nitrogens is 1. The molecule has 3 heterocycles. The van der Waals surface area contributed by atoms with E-state index in [1.807, 2.05) is 12.1 Å². The summed E-state index contributed by atoms with van der Waals surface area (Å²) in [6.07, 6.45) is -3.67. The highest BCUT2D eigenvalue weighted by Gasteiger charge is 2.35. The molecule has 0 aliphatic carbocycles. The smallest absolute Gasteiger partial charge is 0.352 e. The third-order valence-electron chi connectivity index (χ3n) is 5.34. The molecule has 1 atom stereocenters. The summed E-state index contributed by atoms with van der Waals surface area (Å²) in [6.45, 7) is 1.48. The molecular formula is C20H18ClF3N4O2. The highest BCUT2D eigenvalue weighted by molar-refractivity contribution is 6.33. The van der Waals surface area contributed by atoms with E-state index in [1.54, 1.807) is 21.9 Å². The van der Waals surface area contributed by atoms with Crippen LogP contribution in [0.1, 0.15) is 23.5 Å². The summed E-state index contributed by atoms with van der Waals surface area (Å²) in [6, 6.07) is 8.08. The number of alkyl halides is 3. The molecule has 4 rings (SSSR count). The SMILES string of the molecule is O=C1CC(C(=O)N2CCN(c3ncc(C(F)(F)F)cc3Cl)CC2)c2ccccc2N1. The van der Waals surface area contributed by atoms with Crippen molar-refractivity contribution in [1.29, 1.82) is 0 Å². The van der Waals surface area contributed by atoms with Crippen LogP contribution in [0.2, 0.25) is 5.02 Å². The quantitative estimate of drug-likeness (QED) is 0.779. The molecule has 1 fully saturated rings. The molecule has 1 saturated heterocycles. The average Bonchev–Trinajstić information content (AvgIpc) is 2.72. The van der Waals surface area contributed by atoms with Crippen molar-refractivity contribution >= 4 is 34.9 Å². The first-order valence-corrected chi connectivity index (χ1v) is 9.77. The van der Waals surface area contributed by atoms with E-state index < -0.39 is 17.7 Å². The summed E-state index contributed by atoms with van der Waals surface area (Å²) in [5, 5.41) is 2.70. The molecule has 0 bridgehead atoms. The van der Waals surface area contributed by atoms with E-state index >= 15 is 0 Å². The van der Waals surface area contributed by atoms with E-state index in [0.29, 0.717) is 31.9 Å². The highest BCUT2D eigenvalue weighted by atomic mass is 35.5. The number of carbonyl (C=O) groups is 2. The van der Waals surface area contributed by atoms with Crippen LogP contribution in [0.5, 0.6) is 0 Å². The Morgan fingerprint density at radius 2 is 1.87 bits per heavy atom. The number of fused-ring (bicyclic) bond motifs is 1. The van der Waals surface area contributed by atoms with Crippen LogP contribution in [-0.4, -0.2) is 47.9 Å². The molecule has 2 aliphatic rings. The Kier molecular flexibility index (Phi) is 5.31. The van der Waals surface area contributed by atoms with E-state index in [-0.39, 0.29) is 29.1 Å². The van der Waals surface area contributed by atoms with Crippen molar-refractivity contribution in [3.05, 3.63) is 52.7 Å². The van der Waals surface area contributed by atoms with Gasteiger partial charge in [-0.05, 0) is 17.7 Å². The molecule has 1 N–H and O–H groups in total. The summed E-state index contributed by atoms with van der Waals surface area (Å²) in [5.74, 6) is -0.622. The number of nitrogens with one attached hydrogen (secondary N) is 1. The van der Waals surface area contributed by atoms with Gasteiger partial charge in [0.2, 0.25) is 11.8 Å². The Bertz CT molecular complexity index is 990. The summed E-state index contributed by atoms with van der Waals surface area (Å²) in [7, 11) is 0. The Hall–Kier alpha value is -2.81. The Balaban J connectivity index is 1.45. The van der Waals surface area contributed by atoms with Crippen molar-refractivity contribution in [2.45, 2.75) is 18.5 Å². The van der Waals surface area contributed by atoms with E-state index in [9.17, 15) is 22.8 Å². The summed E-state index contributed by atoms with van der Waals surface area (Å²) in [5.41, 5.74) is 0.530. The molecule has 1 unspecified atom stereocenters. The van der Waals surface area contributed by atoms with Crippen LogP contribution in [0.3, 0.4) is 0 Å². The van der Waals surface area contributed by atoms with Crippen molar-refractivity contribution in [3.63, 3.8) is 0 Å². The van der Waals surface area contributed by atoms with Gasteiger partial charge < -0.3 is 15.1 Å². The standard InChI is InChI=1S/C20H18ClF3N4O2/c21-15-9-12(20(22,23)24)11-25-18(15)27-5-7-28(8-6-27)19(30)14-10-17(29)26-16-4-2-1-3-13(14)16/h1-4,9,11,14H,5-8,10H2,(H,26,29). The largest absolute Gasteiger partial charge is 0.417 e. The van der Waals surface area contributed by atoms with Gasteiger partial charge in [-0.3, -0.25) is 9.59 Å². The van der Waals surface area contributed by atoms with Gasteiger partial charge in [0.05, 0.1) is 16.5 Å². The molecule has 1 aromatic carbocycles. The van der Waals surface area contributed by atoms with Crippen molar-refractivity contribution < 1.29 is 22.8 Å². The van der Waals surface area contributed by atoms with E-state index in [4.69, 9.17) is 11.6 Å². The third kappa shape index (κ3) is 3.94. The number of para-hydroxylation sites is 1. The van der Waals surface area contributed by atoms with Gasteiger partial charge in [0.15, 0.2) is 0 Å². The van der Waals surface area contributed by atoms with Crippen LogP contribution in [0, 0.1) is 0 Å². The lowest BCUT2D eigenvalue weighted by atomic mass is 9.89. The second-order valence-corrected chi connectivity index (χ2v) is 7.64. The summed E-state index contributed by atoms with van der Waals surface area (Å²) >= 11 is 6.03. The lowest BCUT2D eigenvalue weighted by Gasteiger charge is -2.38. The van der Waals surface area contributed by atoms with Gasteiger partial charge >= 0.3 is 6.18 Å². The molecule has 0 saturated carbocycles. The predicted octanol–water partition coefficient (Wildman–Crippen LogP) is 3.53. The van der Waals surface area contributed by atoms with Gasteiger partial charge in [-0.2, -0.15) is 13.2 Å². The lowest BCUT2D eigenvalue weighted by molar-refractivity contribution is -0.138. The Labute approximate surface area is 175 Å². The van der Waals surface area contributed by atoms with Crippen LogP contribution >= 0.6 is 11.6 Å². The molecule has 2 amide bonds. The summed E-state index contributed by atoms with van der Waals surface area (Å²) < 4.78 is 38.4. The molecule has 158 valence electrons. The van der Waals surface area contributed by atoms with Gasteiger partial charge in [0.1, 0.15) is 5.82 Å². The minimum atomic E-state index is -4.51. The lowest BCUT2D eigenvalue weighted by Crippen LogP contribution is -2.51. The van der Waals surface area contributed by atoms with Crippen molar-refractivity contribution in [1.82, 2.24) is 9.88 Å². The van der Waals surface area contributed by atoms with Gasteiger partial charge in [-0.15, -0.1) is 0 Å². The number of pyridine rings is 1. The van der Waals surface area contributed by atoms with E-state index in [0.717, 1.165) is 17.8 Å². The van der Waals surface area contributed by atoms with Crippen LogP contribution in [0.25, 0.3) is 0 Å². The number of nitrogens with zero attached hydrogens (tertiary/aromatic N) is 3. The van der Waals surface area contributed by atoms with Crippen molar-refractivity contribution in [2.24, 2.45) is 0 Å². The van der Waals surface area contributed by atoms with Crippen molar-refractivity contribution in [3.8, 4) is 0 Å². The number of piperazine rings is 1. The Morgan fingerprint density at radius 1 is 1.17 bits per heavy atom. The normalized spacial score (nSPS) is 19.3. The van der Waals surface area contributed by atoms with E-state index in [2.05, 4.69) is 10.3 Å². The first-order valence-electron chi connectivity index (χ1n) is 9.39.